The van der Waals surface area contributed by atoms with E-state index in [1.807, 2.05) is 16.8 Å². The summed E-state index contributed by atoms with van der Waals surface area (Å²) in [6, 6.07) is 17.3. The topological polar surface area (TPSA) is 34.0 Å². The molecule has 0 bridgehead atoms. The number of nitrogens with zero attached hydrogens (tertiary/aromatic N) is 4. The Morgan fingerprint density at radius 2 is 1.83 bits per heavy atom. The third-order valence-corrected chi connectivity index (χ3v) is 4.88. The molecule has 0 radical (unpaired) electrons. The van der Waals surface area contributed by atoms with E-state index in [0.717, 1.165) is 31.1 Å². The summed E-state index contributed by atoms with van der Waals surface area (Å²) in [7, 11) is 0. The van der Waals surface area contributed by atoms with Crippen molar-refractivity contribution < 1.29 is 0 Å². The fraction of sp³-hybridized carbons (Fsp3) is 0.263. The highest BCUT2D eigenvalue weighted by atomic mass is 35.5. The van der Waals surface area contributed by atoms with Crippen molar-refractivity contribution in [2.75, 3.05) is 0 Å². The molecule has 5 heteroatoms. The molecule has 4 nitrogen and oxygen atoms in total. The summed E-state index contributed by atoms with van der Waals surface area (Å²) in [5, 5.41) is 5.06. The molecule has 1 aromatic heterocycles. The second kappa shape index (κ2) is 6.75. The Labute approximate surface area is 146 Å². The Morgan fingerprint density at radius 3 is 2.58 bits per heavy atom. The van der Waals surface area contributed by atoms with Crippen LogP contribution in [0.25, 0.3) is 0 Å². The van der Waals surface area contributed by atoms with Crippen LogP contribution in [0, 0.1) is 0 Å². The first-order valence-electron chi connectivity index (χ1n) is 8.15. The molecule has 4 rings (SSSR count). The molecular weight excluding hydrogens is 320 g/mol. The smallest absolute Gasteiger partial charge is 0.137 e. The van der Waals surface area contributed by atoms with E-state index in [1.165, 1.54) is 16.7 Å². The standard InChI is InChI=1S/C19H19ClN4/c20-18-7-5-15(6-8-18)10-23-11-17-4-2-1-3-16(17)9-19(23)12-24-14-21-13-22-24/h1-8,13-14,19H,9-12H2/t19-/m0/s1. The molecule has 0 amide bonds. The predicted octanol–water partition coefficient (Wildman–Crippen LogP) is 3.56. The molecular formula is C19H19ClN4. The van der Waals surface area contributed by atoms with Gasteiger partial charge in [-0.05, 0) is 35.2 Å². The number of hydrogen-bond donors (Lipinski definition) is 0. The predicted molar refractivity (Wildman–Crippen MR) is 94.7 cm³/mol. The summed E-state index contributed by atoms with van der Waals surface area (Å²) >= 11 is 6.01. The van der Waals surface area contributed by atoms with Crippen molar-refractivity contribution in [2.24, 2.45) is 0 Å². The van der Waals surface area contributed by atoms with Gasteiger partial charge in [-0.1, -0.05) is 48.0 Å². The van der Waals surface area contributed by atoms with Crippen molar-refractivity contribution in [3.8, 4) is 0 Å². The molecule has 1 atom stereocenters. The van der Waals surface area contributed by atoms with Gasteiger partial charge in [0.2, 0.25) is 0 Å². The molecule has 0 aliphatic carbocycles. The summed E-state index contributed by atoms with van der Waals surface area (Å²) in [5.74, 6) is 0. The van der Waals surface area contributed by atoms with Crippen LogP contribution >= 0.6 is 11.6 Å². The SMILES string of the molecule is Clc1ccc(CN2Cc3ccccc3C[C@H]2Cn2cncn2)cc1. The van der Waals surface area contributed by atoms with Crippen LogP contribution in [0.4, 0.5) is 0 Å². The van der Waals surface area contributed by atoms with Crippen LogP contribution in [0.3, 0.4) is 0 Å². The summed E-state index contributed by atoms with van der Waals surface area (Å²) in [5.41, 5.74) is 4.14. The van der Waals surface area contributed by atoms with Crippen LogP contribution in [0.5, 0.6) is 0 Å². The Kier molecular flexibility index (Phi) is 4.32. The van der Waals surface area contributed by atoms with Gasteiger partial charge in [0.1, 0.15) is 12.7 Å². The molecule has 3 aromatic rings. The van der Waals surface area contributed by atoms with E-state index in [2.05, 4.69) is 51.4 Å². The van der Waals surface area contributed by atoms with Crippen LogP contribution in [0.1, 0.15) is 16.7 Å². The number of rotatable bonds is 4. The third-order valence-electron chi connectivity index (χ3n) is 4.63. The van der Waals surface area contributed by atoms with E-state index in [0.29, 0.717) is 6.04 Å². The first-order chi connectivity index (χ1) is 11.8. The molecule has 1 aliphatic rings. The lowest BCUT2D eigenvalue weighted by atomic mass is 9.93. The third kappa shape index (κ3) is 3.35. The van der Waals surface area contributed by atoms with E-state index in [-0.39, 0.29) is 0 Å². The van der Waals surface area contributed by atoms with Crippen LogP contribution in [0.15, 0.2) is 61.2 Å². The average Bonchev–Trinajstić information content (AvgIpc) is 3.10. The minimum Gasteiger partial charge on any atom is -0.290 e. The number of halogens is 1. The maximum absolute atomic E-state index is 6.01. The molecule has 0 spiro atoms. The molecule has 0 fully saturated rings. The van der Waals surface area contributed by atoms with Crippen LogP contribution in [-0.2, 0) is 26.1 Å². The summed E-state index contributed by atoms with van der Waals surface area (Å²) in [6.45, 7) is 2.71. The van der Waals surface area contributed by atoms with Crippen molar-refractivity contribution in [1.29, 1.82) is 0 Å². The van der Waals surface area contributed by atoms with E-state index in [9.17, 15) is 0 Å². The van der Waals surface area contributed by atoms with Gasteiger partial charge in [0, 0.05) is 24.2 Å². The lowest BCUT2D eigenvalue weighted by Crippen LogP contribution is -2.42. The molecule has 0 unspecified atom stereocenters. The van der Waals surface area contributed by atoms with Crippen molar-refractivity contribution in [1.82, 2.24) is 19.7 Å². The number of hydrogen-bond acceptors (Lipinski definition) is 3. The summed E-state index contributed by atoms with van der Waals surface area (Å²) in [4.78, 5) is 6.59. The zero-order chi connectivity index (χ0) is 16.4. The second-order valence-corrected chi connectivity index (χ2v) is 6.71. The Hall–Kier alpha value is -2.17. The normalized spacial score (nSPS) is 17.6. The summed E-state index contributed by atoms with van der Waals surface area (Å²) < 4.78 is 1.92. The zero-order valence-corrected chi connectivity index (χ0v) is 14.1. The van der Waals surface area contributed by atoms with Crippen molar-refractivity contribution >= 4 is 11.6 Å². The highest BCUT2D eigenvalue weighted by Crippen LogP contribution is 2.26. The first-order valence-corrected chi connectivity index (χ1v) is 8.53. The zero-order valence-electron chi connectivity index (χ0n) is 13.3. The fourth-order valence-electron chi connectivity index (χ4n) is 3.37. The molecule has 1 aliphatic heterocycles. The van der Waals surface area contributed by atoms with E-state index in [1.54, 1.807) is 12.7 Å². The first kappa shape index (κ1) is 15.4. The molecule has 122 valence electrons. The van der Waals surface area contributed by atoms with Crippen molar-refractivity contribution in [2.45, 2.75) is 32.1 Å². The second-order valence-electron chi connectivity index (χ2n) is 6.28. The monoisotopic (exact) mass is 338 g/mol. The molecule has 0 saturated carbocycles. The average molecular weight is 339 g/mol. The summed E-state index contributed by atoms with van der Waals surface area (Å²) in [6.07, 6.45) is 4.42. The van der Waals surface area contributed by atoms with Gasteiger partial charge in [0.15, 0.2) is 0 Å². The van der Waals surface area contributed by atoms with Gasteiger partial charge in [0.25, 0.3) is 0 Å². The molecule has 0 saturated heterocycles. The minimum absolute atomic E-state index is 0.400. The molecule has 0 N–H and O–H groups in total. The van der Waals surface area contributed by atoms with Gasteiger partial charge in [-0.15, -0.1) is 0 Å². The Bertz CT molecular complexity index is 798. The van der Waals surface area contributed by atoms with Crippen LogP contribution in [-0.4, -0.2) is 25.7 Å². The number of aromatic nitrogens is 3. The van der Waals surface area contributed by atoms with Gasteiger partial charge >= 0.3 is 0 Å². The van der Waals surface area contributed by atoms with Crippen molar-refractivity contribution in [3.05, 3.63) is 82.9 Å². The van der Waals surface area contributed by atoms with Gasteiger partial charge in [0.05, 0.1) is 6.54 Å². The lowest BCUT2D eigenvalue weighted by Gasteiger charge is -2.37. The number of fused-ring (bicyclic) bond motifs is 1. The fourth-order valence-corrected chi connectivity index (χ4v) is 3.50. The van der Waals surface area contributed by atoms with E-state index >= 15 is 0 Å². The maximum Gasteiger partial charge on any atom is 0.137 e. The molecule has 2 aromatic carbocycles. The van der Waals surface area contributed by atoms with Crippen LogP contribution < -0.4 is 0 Å². The highest BCUT2D eigenvalue weighted by Gasteiger charge is 2.26. The van der Waals surface area contributed by atoms with Crippen LogP contribution in [0.2, 0.25) is 5.02 Å². The largest absolute Gasteiger partial charge is 0.290 e. The molecule has 2 heterocycles. The lowest BCUT2D eigenvalue weighted by molar-refractivity contribution is 0.142. The Balaban J connectivity index is 1.59. The van der Waals surface area contributed by atoms with Gasteiger partial charge in [-0.3, -0.25) is 9.58 Å². The van der Waals surface area contributed by atoms with Gasteiger partial charge in [-0.25, -0.2) is 4.98 Å². The maximum atomic E-state index is 6.01. The number of benzene rings is 2. The van der Waals surface area contributed by atoms with Gasteiger partial charge in [-0.2, -0.15) is 5.10 Å². The molecule has 24 heavy (non-hydrogen) atoms. The minimum atomic E-state index is 0.400. The van der Waals surface area contributed by atoms with Crippen molar-refractivity contribution in [3.63, 3.8) is 0 Å². The van der Waals surface area contributed by atoms with E-state index < -0.39 is 0 Å². The highest BCUT2D eigenvalue weighted by molar-refractivity contribution is 6.30. The Morgan fingerprint density at radius 1 is 1.04 bits per heavy atom. The quantitative estimate of drug-likeness (QED) is 0.729. The van der Waals surface area contributed by atoms with Gasteiger partial charge < -0.3 is 0 Å². The van der Waals surface area contributed by atoms with E-state index in [4.69, 9.17) is 11.6 Å².